The Morgan fingerprint density at radius 2 is 1.89 bits per heavy atom. The highest BCUT2D eigenvalue weighted by Crippen LogP contribution is 2.47. The second-order valence-corrected chi connectivity index (χ2v) is 8.13. The molecule has 0 spiro atoms. The molecular formula is C14H21NO2S. The summed E-state index contributed by atoms with van der Waals surface area (Å²) >= 11 is 0. The van der Waals surface area contributed by atoms with Gasteiger partial charge in [-0.05, 0) is 38.3 Å². The van der Waals surface area contributed by atoms with Crippen LogP contribution in [0.4, 0.5) is 5.69 Å². The second-order valence-electron chi connectivity index (χ2n) is 5.58. The maximum atomic E-state index is 12.2. The highest BCUT2D eigenvalue weighted by Gasteiger charge is 2.43. The largest absolute Gasteiger partial charge is 0.398 e. The fourth-order valence-corrected chi connectivity index (χ4v) is 4.17. The van der Waals surface area contributed by atoms with Crippen molar-refractivity contribution in [3.63, 3.8) is 0 Å². The SMILES string of the molecule is CC(C)S(=O)(=O)CC1(c2ccccc2N)CCC1. The molecule has 1 saturated carbocycles. The number of nitrogens with two attached hydrogens (primary N) is 1. The maximum Gasteiger partial charge on any atom is 0.153 e. The van der Waals surface area contributed by atoms with E-state index >= 15 is 0 Å². The van der Waals surface area contributed by atoms with Gasteiger partial charge >= 0.3 is 0 Å². The standard InChI is InChI=1S/C14H21NO2S/c1-11(2)18(16,17)10-14(8-5-9-14)12-6-3-4-7-13(12)15/h3-4,6-7,11H,5,8-10,15H2,1-2H3. The van der Waals surface area contributed by atoms with Crippen molar-refractivity contribution in [2.75, 3.05) is 11.5 Å². The van der Waals surface area contributed by atoms with E-state index in [1.54, 1.807) is 13.8 Å². The molecule has 0 saturated heterocycles. The van der Waals surface area contributed by atoms with E-state index in [0.29, 0.717) is 0 Å². The number of nitrogen functional groups attached to an aromatic ring is 1. The first-order valence-electron chi connectivity index (χ1n) is 6.44. The Kier molecular flexibility index (Phi) is 3.41. The van der Waals surface area contributed by atoms with Crippen molar-refractivity contribution in [1.29, 1.82) is 0 Å². The molecule has 4 heteroatoms. The maximum absolute atomic E-state index is 12.2. The van der Waals surface area contributed by atoms with E-state index in [0.717, 1.165) is 30.5 Å². The third-order valence-electron chi connectivity index (χ3n) is 4.04. The number of rotatable bonds is 4. The van der Waals surface area contributed by atoms with Gasteiger partial charge in [0, 0.05) is 11.1 Å². The van der Waals surface area contributed by atoms with Gasteiger partial charge in [-0.1, -0.05) is 24.6 Å². The van der Waals surface area contributed by atoms with Crippen LogP contribution in [0.15, 0.2) is 24.3 Å². The number of sulfone groups is 1. The number of anilines is 1. The minimum Gasteiger partial charge on any atom is -0.398 e. The summed E-state index contributed by atoms with van der Waals surface area (Å²) in [5, 5.41) is -0.320. The van der Waals surface area contributed by atoms with E-state index in [1.165, 1.54) is 0 Å². The van der Waals surface area contributed by atoms with Gasteiger partial charge in [0.2, 0.25) is 0 Å². The van der Waals surface area contributed by atoms with Crippen LogP contribution in [-0.4, -0.2) is 19.4 Å². The third-order valence-corrected chi connectivity index (χ3v) is 6.43. The van der Waals surface area contributed by atoms with E-state index in [1.807, 2.05) is 24.3 Å². The predicted octanol–water partition coefficient (Wildman–Crippen LogP) is 2.51. The first-order valence-corrected chi connectivity index (χ1v) is 8.15. The van der Waals surface area contributed by atoms with Crippen LogP contribution in [0.5, 0.6) is 0 Å². The second kappa shape index (κ2) is 4.57. The molecule has 0 atom stereocenters. The Bertz CT molecular complexity index is 530. The quantitative estimate of drug-likeness (QED) is 0.853. The molecule has 1 fully saturated rings. The molecule has 1 aromatic carbocycles. The highest BCUT2D eigenvalue weighted by molar-refractivity contribution is 7.92. The van der Waals surface area contributed by atoms with E-state index in [2.05, 4.69) is 0 Å². The summed E-state index contributed by atoms with van der Waals surface area (Å²) in [5.41, 5.74) is 7.51. The Hall–Kier alpha value is -1.03. The molecule has 2 rings (SSSR count). The van der Waals surface area contributed by atoms with Crippen molar-refractivity contribution in [3.8, 4) is 0 Å². The molecule has 1 aliphatic carbocycles. The van der Waals surface area contributed by atoms with Gasteiger partial charge in [0.1, 0.15) is 0 Å². The molecule has 0 aliphatic heterocycles. The lowest BCUT2D eigenvalue weighted by Gasteiger charge is -2.43. The van der Waals surface area contributed by atoms with Crippen LogP contribution in [0.25, 0.3) is 0 Å². The molecule has 1 aromatic rings. The average Bonchev–Trinajstić information content (AvgIpc) is 2.24. The molecule has 0 unspecified atom stereocenters. The third kappa shape index (κ3) is 2.26. The first-order chi connectivity index (χ1) is 8.37. The molecule has 0 amide bonds. The van der Waals surface area contributed by atoms with Crippen LogP contribution in [0.2, 0.25) is 0 Å². The Balaban J connectivity index is 2.36. The summed E-state index contributed by atoms with van der Waals surface area (Å²) in [7, 11) is -3.04. The lowest BCUT2D eigenvalue weighted by Crippen LogP contribution is -2.43. The minimum atomic E-state index is -3.04. The van der Waals surface area contributed by atoms with Gasteiger partial charge in [-0.25, -0.2) is 8.42 Å². The number of hydrogen-bond donors (Lipinski definition) is 1. The fraction of sp³-hybridized carbons (Fsp3) is 0.571. The van der Waals surface area contributed by atoms with Gasteiger partial charge in [0.25, 0.3) is 0 Å². The molecule has 1 aliphatic rings. The van der Waals surface area contributed by atoms with Gasteiger partial charge in [0.05, 0.1) is 11.0 Å². The predicted molar refractivity (Wildman–Crippen MR) is 75.3 cm³/mol. The zero-order valence-electron chi connectivity index (χ0n) is 11.0. The summed E-state index contributed by atoms with van der Waals surface area (Å²) in [4.78, 5) is 0. The molecule has 0 heterocycles. The van der Waals surface area contributed by atoms with Crippen molar-refractivity contribution in [2.24, 2.45) is 0 Å². The summed E-state index contributed by atoms with van der Waals surface area (Å²) in [6.07, 6.45) is 2.93. The lowest BCUT2D eigenvalue weighted by atomic mass is 9.65. The molecule has 100 valence electrons. The van der Waals surface area contributed by atoms with Crippen molar-refractivity contribution in [1.82, 2.24) is 0 Å². The highest BCUT2D eigenvalue weighted by atomic mass is 32.2. The minimum absolute atomic E-state index is 0.228. The monoisotopic (exact) mass is 267 g/mol. The normalized spacial score (nSPS) is 18.6. The molecule has 2 N–H and O–H groups in total. The van der Waals surface area contributed by atoms with Gasteiger partial charge in [-0.15, -0.1) is 0 Å². The molecule has 3 nitrogen and oxygen atoms in total. The van der Waals surface area contributed by atoms with Crippen LogP contribution in [0, 0.1) is 0 Å². The first kappa shape index (κ1) is 13.4. The molecular weight excluding hydrogens is 246 g/mol. The van der Waals surface area contributed by atoms with Gasteiger partial charge < -0.3 is 5.73 Å². The molecule has 0 aromatic heterocycles. The van der Waals surface area contributed by atoms with Crippen LogP contribution in [0.1, 0.15) is 38.7 Å². The number of hydrogen-bond acceptors (Lipinski definition) is 3. The topological polar surface area (TPSA) is 60.2 Å². The van der Waals surface area contributed by atoms with E-state index < -0.39 is 9.84 Å². The van der Waals surface area contributed by atoms with Crippen molar-refractivity contribution in [3.05, 3.63) is 29.8 Å². The summed E-state index contributed by atoms with van der Waals surface area (Å²) in [5.74, 6) is 0.228. The summed E-state index contributed by atoms with van der Waals surface area (Å²) in [6.45, 7) is 3.49. The van der Waals surface area contributed by atoms with Crippen LogP contribution < -0.4 is 5.73 Å². The van der Waals surface area contributed by atoms with Crippen molar-refractivity contribution in [2.45, 2.75) is 43.8 Å². The Labute approximate surface area is 109 Å². The van der Waals surface area contributed by atoms with E-state index in [4.69, 9.17) is 5.73 Å². The lowest BCUT2D eigenvalue weighted by molar-refractivity contribution is 0.275. The Morgan fingerprint density at radius 1 is 1.28 bits per heavy atom. The smallest absolute Gasteiger partial charge is 0.153 e. The molecule has 18 heavy (non-hydrogen) atoms. The van der Waals surface area contributed by atoms with Crippen molar-refractivity contribution < 1.29 is 8.42 Å². The number of benzene rings is 1. The Morgan fingerprint density at radius 3 is 2.33 bits per heavy atom. The summed E-state index contributed by atoms with van der Waals surface area (Å²) < 4.78 is 24.4. The van der Waals surface area contributed by atoms with Crippen LogP contribution >= 0.6 is 0 Å². The summed E-state index contributed by atoms with van der Waals surface area (Å²) in [6, 6.07) is 7.66. The zero-order valence-corrected chi connectivity index (χ0v) is 11.8. The zero-order chi connectivity index (χ0) is 13.4. The van der Waals surface area contributed by atoms with Gasteiger partial charge in [-0.2, -0.15) is 0 Å². The van der Waals surface area contributed by atoms with Crippen LogP contribution in [-0.2, 0) is 15.3 Å². The van der Waals surface area contributed by atoms with Crippen LogP contribution in [0.3, 0.4) is 0 Å². The van der Waals surface area contributed by atoms with E-state index in [-0.39, 0.29) is 16.4 Å². The van der Waals surface area contributed by atoms with E-state index in [9.17, 15) is 8.42 Å². The van der Waals surface area contributed by atoms with Gasteiger partial charge in [0.15, 0.2) is 9.84 Å². The number of para-hydroxylation sites is 1. The fourth-order valence-electron chi connectivity index (χ4n) is 2.63. The molecule has 0 radical (unpaired) electrons. The van der Waals surface area contributed by atoms with Gasteiger partial charge in [-0.3, -0.25) is 0 Å². The molecule has 0 bridgehead atoms. The average molecular weight is 267 g/mol. The van der Waals surface area contributed by atoms with Crippen molar-refractivity contribution >= 4 is 15.5 Å².